The largest absolute Gasteiger partial charge is 0.480 e. The molecule has 0 saturated carbocycles. The molecule has 16 heteroatoms. The van der Waals surface area contributed by atoms with Crippen LogP contribution in [0.5, 0.6) is 0 Å². The van der Waals surface area contributed by atoms with Gasteiger partial charge in [0.2, 0.25) is 23.6 Å². The number of nitrogens with one attached hydrogen (secondary N) is 3. The number of aliphatic hydroxyl groups excluding tert-OH is 1. The fourth-order valence-electron chi connectivity index (χ4n) is 2.46. The summed E-state index contributed by atoms with van der Waals surface area (Å²) in [5, 5.41) is 25.3. The number of thiol groups is 1. The van der Waals surface area contributed by atoms with Crippen molar-refractivity contribution >= 4 is 48.2 Å². The van der Waals surface area contributed by atoms with Crippen molar-refractivity contribution < 1.29 is 34.2 Å². The molecule has 0 aliphatic carbocycles. The van der Waals surface area contributed by atoms with Gasteiger partial charge in [-0.2, -0.15) is 12.6 Å². The number of aliphatic imine (C=N–C) groups is 1. The van der Waals surface area contributed by atoms with Crippen LogP contribution >= 0.6 is 12.6 Å². The number of carboxylic acids is 1. The Labute approximate surface area is 195 Å². The minimum absolute atomic E-state index is 0.00317. The second-order valence-electron chi connectivity index (χ2n) is 7.10. The normalized spacial score (nSPS) is 15.2. The van der Waals surface area contributed by atoms with E-state index in [4.69, 9.17) is 28.0 Å². The van der Waals surface area contributed by atoms with E-state index in [2.05, 4.69) is 28.3 Å². The Hall–Kier alpha value is -3.11. The number of nitrogens with two attached hydrogens (primary N) is 4. The molecule has 0 aromatic heterocycles. The maximum atomic E-state index is 12.8. The highest BCUT2D eigenvalue weighted by Gasteiger charge is 2.32. The Morgan fingerprint density at radius 2 is 1.52 bits per heavy atom. The van der Waals surface area contributed by atoms with E-state index in [1.807, 2.05) is 5.32 Å². The third-order valence-electron chi connectivity index (χ3n) is 4.20. The molecule has 5 unspecified atom stereocenters. The van der Waals surface area contributed by atoms with Gasteiger partial charge in [0.25, 0.3) is 0 Å². The van der Waals surface area contributed by atoms with E-state index >= 15 is 0 Å². The lowest BCUT2D eigenvalue weighted by atomic mass is 10.1. The topological polar surface area (TPSA) is 278 Å². The van der Waals surface area contributed by atoms with Crippen LogP contribution in [-0.4, -0.2) is 88.3 Å². The summed E-state index contributed by atoms with van der Waals surface area (Å²) in [5.74, 6) is -5.31. The number of aliphatic hydroxyl groups is 1. The van der Waals surface area contributed by atoms with Crippen LogP contribution in [-0.2, 0) is 24.0 Å². The number of hydrogen-bond donors (Lipinski definition) is 10. The number of carbonyl (C=O) groups excluding carboxylic acids is 4. The number of hydrogen-bond acceptors (Lipinski definition) is 9. The molecule has 0 saturated heterocycles. The van der Waals surface area contributed by atoms with Crippen LogP contribution in [0.4, 0.5) is 0 Å². The third-order valence-corrected chi connectivity index (χ3v) is 4.59. The van der Waals surface area contributed by atoms with Crippen LogP contribution in [0.1, 0.15) is 26.2 Å². The number of rotatable bonds is 15. The molecule has 0 spiro atoms. The van der Waals surface area contributed by atoms with Crippen LogP contribution in [0, 0.1) is 0 Å². The Bertz CT molecular complexity index is 745. The number of amides is 4. The molecule has 0 aliphatic rings. The Morgan fingerprint density at radius 3 is 1.97 bits per heavy atom. The molecule has 0 heterocycles. The minimum atomic E-state index is -1.70. The van der Waals surface area contributed by atoms with E-state index in [-0.39, 0.29) is 31.1 Å². The molecule has 5 atom stereocenters. The van der Waals surface area contributed by atoms with Gasteiger partial charge < -0.3 is 49.1 Å². The van der Waals surface area contributed by atoms with Crippen LogP contribution < -0.4 is 38.9 Å². The summed E-state index contributed by atoms with van der Waals surface area (Å²) in [5.41, 5.74) is 21.2. The van der Waals surface area contributed by atoms with Gasteiger partial charge in [0.15, 0.2) is 12.0 Å². The van der Waals surface area contributed by atoms with Crippen molar-refractivity contribution in [3.63, 3.8) is 0 Å². The fraction of sp³-hybridized carbons (Fsp3) is 0.647. The Balaban J connectivity index is 5.54. The van der Waals surface area contributed by atoms with Crippen molar-refractivity contribution in [1.29, 1.82) is 0 Å². The molecule has 0 rings (SSSR count). The zero-order valence-electron chi connectivity index (χ0n) is 18.1. The summed E-state index contributed by atoms with van der Waals surface area (Å²) in [6.45, 7) is 1.27. The highest BCUT2D eigenvalue weighted by Crippen LogP contribution is 2.03. The summed E-state index contributed by atoms with van der Waals surface area (Å²) < 4.78 is 0. The highest BCUT2D eigenvalue weighted by atomic mass is 32.1. The van der Waals surface area contributed by atoms with Crippen molar-refractivity contribution in [3.8, 4) is 0 Å². The summed E-state index contributed by atoms with van der Waals surface area (Å²) >= 11 is 3.92. The molecule has 13 N–H and O–H groups in total. The lowest BCUT2D eigenvalue weighted by Crippen LogP contribution is -2.59. The summed E-state index contributed by atoms with van der Waals surface area (Å²) in [4.78, 5) is 63.8. The van der Waals surface area contributed by atoms with Gasteiger partial charge >= 0.3 is 5.97 Å². The van der Waals surface area contributed by atoms with Gasteiger partial charge in [0.05, 0.1) is 18.6 Å². The Kier molecular flexibility index (Phi) is 13.5. The SMILES string of the molecule is CC(O)C(NC(=O)C(CC(N)=O)NC(=O)C(CCCN=C(N)N)NC(=O)C(N)CS)C(=O)O. The van der Waals surface area contributed by atoms with Crippen LogP contribution in [0.2, 0.25) is 0 Å². The first kappa shape index (κ1) is 29.9. The zero-order chi connectivity index (χ0) is 25.7. The molecular formula is C17H32N8O7S. The maximum absolute atomic E-state index is 12.8. The Morgan fingerprint density at radius 1 is 0.970 bits per heavy atom. The lowest BCUT2D eigenvalue weighted by Gasteiger charge is -2.25. The van der Waals surface area contributed by atoms with Gasteiger partial charge in [-0.25, -0.2) is 4.79 Å². The fourth-order valence-corrected chi connectivity index (χ4v) is 2.63. The standard InChI is InChI=1S/C17H32N8O7S/c1-7(26)12(16(31)32)25-15(30)10(5-11(19)27)24-14(29)9(3-2-4-22-17(20)21)23-13(28)8(18)6-33/h7-10,12,26,33H,2-6,18H2,1H3,(H2,19,27)(H,23,28)(H,24,29)(H,25,30)(H,31,32)(H4,20,21,22). The van der Waals surface area contributed by atoms with Crippen molar-refractivity contribution in [1.82, 2.24) is 16.0 Å². The van der Waals surface area contributed by atoms with Gasteiger partial charge in [-0.3, -0.25) is 24.2 Å². The minimum Gasteiger partial charge on any atom is -0.480 e. The number of guanidine groups is 1. The van der Waals surface area contributed by atoms with Gasteiger partial charge in [-0.1, -0.05) is 0 Å². The third kappa shape index (κ3) is 11.9. The lowest BCUT2D eigenvalue weighted by molar-refractivity contribution is -0.145. The van der Waals surface area contributed by atoms with E-state index < -0.39 is 66.3 Å². The first-order chi connectivity index (χ1) is 15.3. The number of primary amides is 1. The second-order valence-corrected chi connectivity index (χ2v) is 7.46. The summed E-state index contributed by atoms with van der Waals surface area (Å²) in [6, 6.07) is -5.50. The van der Waals surface area contributed by atoms with Gasteiger partial charge in [0, 0.05) is 12.3 Å². The molecule has 0 radical (unpaired) electrons. The predicted molar refractivity (Wildman–Crippen MR) is 121 cm³/mol. The van der Waals surface area contributed by atoms with Crippen LogP contribution in [0.15, 0.2) is 4.99 Å². The van der Waals surface area contributed by atoms with E-state index in [0.717, 1.165) is 6.92 Å². The van der Waals surface area contributed by atoms with Crippen LogP contribution in [0.3, 0.4) is 0 Å². The zero-order valence-corrected chi connectivity index (χ0v) is 19.0. The summed E-state index contributed by atoms with van der Waals surface area (Å²) in [7, 11) is 0. The van der Waals surface area contributed by atoms with Gasteiger partial charge in [-0.05, 0) is 19.8 Å². The first-order valence-electron chi connectivity index (χ1n) is 9.82. The van der Waals surface area contributed by atoms with E-state index in [1.54, 1.807) is 0 Å². The van der Waals surface area contributed by atoms with Crippen LogP contribution in [0.25, 0.3) is 0 Å². The summed E-state index contributed by atoms with van der Waals surface area (Å²) in [6.07, 6.45) is -1.86. The number of carboxylic acid groups (broad SMARTS) is 1. The molecule has 0 aromatic carbocycles. The van der Waals surface area contributed by atoms with Crippen molar-refractivity contribution in [2.24, 2.45) is 27.9 Å². The molecule has 0 fully saturated rings. The molecule has 188 valence electrons. The molecule has 33 heavy (non-hydrogen) atoms. The van der Waals surface area contributed by atoms with E-state index in [0.29, 0.717) is 0 Å². The molecule has 0 aliphatic heterocycles. The average Bonchev–Trinajstić information content (AvgIpc) is 2.71. The monoisotopic (exact) mass is 492 g/mol. The molecule has 15 nitrogen and oxygen atoms in total. The quantitative estimate of drug-likeness (QED) is 0.0450. The molecule has 4 amide bonds. The second kappa shape index (κ2) is 14.9. The molecule has 0 aromatic rings. The maximum Gasteiger partial charge on any atom is 0.328 e. The predicted octanol–water partition coefficient (Wildman–Crippen LogP) is -4.91. The number of carbonyl (C=O) groups is 5. The van der Waals surface area contributed by atoms with Gasteiger partial charge in [0.1, 0.15) is 12.1 Å². The van der Waals surface area contributed by atoms with Crippen molar-refractivity contribution in [3.05, 3.63) is 0 Å². The average molecular weight is 493 g/mol. The number of nitrogens with zero attached hydrogens (tertiary/aromatic N) is 1. The van der Waals surface area contributed by atoms with Crippen molar-refractivity contribution in [2.75, 3.05) is 12.3 Å². The number of aliphatic carboxylic acids is 1. The van der Waals surface area contributed by atoms with Gasteiger partial charge in [-0.15, -0.1) is 0 Å². The first-order valence-corrected chi connectivity index (χ1v) is 10.5. The van der Waals surface area contributed by atoms with Crippen molar-refractivity contribution in [2.45, 2.75) is 56.5 Å². The highest BCUT2D eigenvalue weighted by molar-refractivity contribution is 7.80. The van der Waals surface area contributed by atoms with E-state index in [9.17, 15) is 29.1 Å². The molecular weight excluding hydrogens is 460 g/mol. The van der Waals surface area contributed by atoms with E-state index in [1.165, 1.54) is 0 Å². The smallest absolute Gasteiger partial charge is 0.328 e. The molecule has 0 bridgehead atoms.